The lowest BCUT2D eigenvalue weighted by Gasteiger charge is -2.13. The number of rotatable bonds is 7. The Morgan fingerprint density at radius 3 is 2.33 bits per heavy atom. The molecule has 0 aliphatic heterocycles. The third-order valence-electron chi connectivity index (χ3n) is 3.91. The molecule has 0 aliphatic rings. The second-order valence-corrected chi connectivity index (χ2v) is 6.24. The van der Waals surface area contributed by atoms with Crippen LogP contribution >= 0.6 is 0 Å². The molecule has 3 rings (SSSR count). The summed E-state index contributed by atoms with van der Waals surface area (Å²) in [6, 6.07) is 13.5. The fourth-order valence-corrected chi connectivity index (χ4v) is 2.82. The largest absolute Gasteiger partial charge is 0.458 e. The number of esters is 1. The van der Waals surface area contributed by atoms with Crippen molar-refractivity contribution in [3.63, 3.8) is 0 Å². The van der Waals surface area contributed by atoms with Crippen LogP contribution in [0.2, 0.25) is 0 Å². The summed E-state index contributed by atoms with van der Waals surface area (Å²) in [7, 11) is 0. The quantitative estimate of drug-likeness (QED) is 0.500. The molecule has 1 heterocycles. The summed E-state index contributed by atoms with van der Waals surface area (Å²) >= 11 is 0. The van der Waals surface area contributed by atoms with E-state index in [9.17, 15) is 4.79 Å². The molecule has 140 valence electrons. The van der Waals surface area contributed by atoms with Crippen LogP contribution in [-0.2, 0) is 9.47 Å². The molecule has 0 aliphatic carbocycles. The molecular formula is C21H23N3O3. The van der Waals surface area contributed by atoms with Gasteiger partial charge in [-0.15, -0.1) is 0 Å². The highest BCUT2D eigenvalue weighted by atomic mass is 16.6. The molecule has 1 aromatic heterocycles. The molecule has 0 spiro atoms. The highest BCUT2D eigenvalue weighted by molar-refractivity contribution is 5.96. The lowest BCUT2D eigenvalue weighted by molar-refractivity contribution is 0.0330. The Balaban J connectivity index is 1.94. The number of aromatic nitrogens is 2. The molecule has 0 amide bonds. The van der Waals surface area contributed by atoms with E-state index in [0.29, 0.717) is 30.1 Å². The van der Waals surface area contributed by atoms with Crippen LogP contribution in [0.3, 0.4) is 0 Å². The number of para-hydroxylation sites is 2. The Hall–Kier alpha value is -2.99. The summed E-state index contributed by atoms with van der Waals surface area (Å²) in [5.41, 5.74) is 4.58. The van der Waals surface area contributed by atoms with Crippen LogP contribution in [0.15, 0.2) is 42.5 Å². The van der Waals surface area contributed by atoms with Gasteiger partial charge >= 0.3 is 5.97 Å². The van der Waals surface area contributed by atoms with Gasteiger partial charge in [-0.25, -0.2) is 14.8 Å². The Morgan fingerprint density at radius 1 is 1.00 bits per heavy atom. The van der Waals surface area contributed by atoms with E-state index in [2.05, 4.69) is 21.4 Å². The normalized spacial score (nSPS) is 10.8. The lowest BCUT2D eigenvalue weighted by Crippen LogP contribution is -2.15. The SMILES string of the molecule is CCOCCOC(=O)c1nc2ccccc2nc1Nc1cc(C)cc(C)c1. The van der Waals surface area contributed by atoms with Crippen LogP contribution in [0.5, 0.6) is 0 Å². The maximum absolute atomic E-state index is 12.6. The number of nitrogens with zero attached hydrogens (tertiary/aromatic N) is 2. The zero-order chi connectivity index (χ0) is 19.2. The molecule has 0 radical (unpaired) electrons. The number of benzene rings is 2. The monoisotopic (exact) mass is 365 g/mol. The average molecular weight is 365 g/mol. The lowest BCUT2D eigenvalue weighted by atomic mass is 10.1. The molecule has 27 heavy (non-hydrogen) atoms. The van der Waals surface area contributed by atoms with Crippen molar-refractivity contribution < 1.29 is 14.3 Å². The van der Waals surface area contributed by atoms with E-state index < -0.39 is 5.97 Å². The Kier molecular flexibility index (Phi) is 5.98. The topological polar surface area (TPSA) is 73.3 Å². The molecule has 0 bridgehead atoms. The molecule has 0 saturated heterocycles. The molecule has 6 heteroatoms. The van der Waals surface area contributed by atoms with Gasteiger partial charge in [-0.2, -0.15) is 0 Å². The number of nitrogens with one attached hydrogen (secondary N) is 1. The Labute approximate surface area is 158 Å². The van der Waals surface area contributed by atoms with Crippen molar-refractivity contribution >= 4 is 28.5 Å². The second kappa shape index (κ2) is 8.60. The smallest absolute Gasteiger partial charge is 0.360 e. The van der Waals surface area contributed by atoms with Crippen molar-refractivity contribution in [3.05, 3.63) is 59.3 Å². The van der Waals surface area contributed by atoms with Crippen molar-refractivity contribution in [1.29, 1.82) is 0 Å². The molecule has 6 nitrogen and oxygen atoms in total. The fourth-order valence-electron chi connectivity index (χ4n) is 2.82. The Bertz CT molecular complexity index is 936. The minimum absolute atomic E-state index is 0.157. The van der Waals surface area contributed by atoms with E-state index in [-0.39, 0.29) is 12.3 Å². The van der Waals surface area contributed by atoms with Gasteiger partial charge in [0.15, 0.2) is 11.5 Å². The molecule has 0 fully saturated rings. The molecule has 0 unspecified atom stereocenters. The van der Waals surface area contributed by atoms with E-state index in [1.54, 1.807) is 0 Å². The highest BCUT2D eigenvalue weighted by Crippen LogP contribution is 2.23. The van der Waals surface area contributed by atoms with Gasteiger partial charge in [0.05, 0.1) is 17.6 Å². The average Bonchev–Trinajstić information content (AvgIpc) is 2.63. The fraction of sp³-hybridized carbons (Fsp3) is 0.286. The Morgan fingerprint density at radius 2 is 1.67 bits per heavy atom. The zero-order valence-corrected chi connectivity index (χ0v) is 15.8. The van der Waals surface area contributed by atoms with Crippen LogP contribution in [0.1, 0.15) is 28.5 Å². The summed E-state index contributed by atoms with van der Waals surface area (Å²) in [5.74, 6) is -0.153. The molecular weight excluding hydrogens is 342 g/mol. The van der Waals surface area contributed by atoms with Crippen molar-refractivity contribution in [2.75, 3.05) is 25.1 Å². The van der Waals surface area contributed by atoms with Gasteiger partial charge < -0.3 is 14.8 Å². The summed E-state index contributed by atoms with van der Waals surface area (Å²) in [4.78, 5) is 21.6. The van der Waals surface area contributed by atoms with Crippen molar-refractivity contribution in [3.8, 4) is 0 Å². The minimum Gasteiger partial charge on any atom is -0.458 e. The summed E-state index contributed by atoms with van der Waals surface area (Å²) in [5, 5.41) is 3.22. The van der Waals surface area contributed by atoms with Crippen LogP contribution in [0.4, 0.5) is 11.5 Å². The number of ether oxygens (including phenoxy) is 2. The third-order valence-corrected chi connectivity index (χ3v) is 3.91. The molecule has 2 aromatic carbocycles. The van der Waals surface area contributed by atoms with Gasteiger partial charge in [-0.1, -0.05) is 18.2 Å². The van der Waals surface area contributed by atoms with Gasteiger partial charge in [0.1, 0.15) is 6.61 Å². The number of hydrogen-bond acceptors (Lipinski definition) is 6. The van der Waals surface area contributed by atoms with E-state index in [1.165, 1.54) is 0 Å². The van der Waals surface area contributed by atoms with Crippen LogP contribution in [0, 0.1) is 13.8 Å². The second-order valence-electron chi connectivity index (χ2n) is 6.24. The standard InChI is InChI=1S/C21H23N3O3/c1-4-26-9-10-27-21(25)19-20(22-16-12-14(2)11-15(3)13-16)24-18-8-6-5-7-17(18)23-19/h5-8,11-13H,4,9-10H2,1-3H3,(H,22,24). The predicted molar refractivity (Wildman–Crippen MR) is 106 cm³/mol. The first-order chi connectivity index (χ1) is 13.1. The molecule has 1 N–H and O–H groups in total. The molecule has 3 aromatic rings. The van der Waals surface area contributed by atoms with Gasteiger partial charge in [0.25, 0.3) is 0 Å². The zero-order valence-electron chi connectivity index (χ0n) is 15.8. The first-order valence-corrected chi connectivity index (χ1v) is 8.94. The van der Waals surface area contributed by atoms with E-state index in [0.717, 1.165) is 16.8 Å². The van der Waals surface area contributed by atoms with Crippen molar-refractivity contribution in [2.24, 2.45) is 0 Å². The number of anilines is 2. The first-order valence-electron chi connectivity index (χ1n) is 8.94. The van der Waals surface area contributed by atoms with Crippen molar-refractivity contribution in [2.45, 2.75) is 20.8 Å². The first kappa shape index (κ1) is 18.8. The van der Waals surface area contributed by atoms with Gasteiger partial charge in [0, 0.05) is 12.3 Å². The number of carbonyl (C=O) groups is 1. The van der Waals surface area contributed by atoms with Crippen molar-refractivity contribution in [1.82, 2.24) is 9.97 Å². The maximum Gasteiger partial charge on any atom is 0.360 e. The highest BCUT2D eigenvalue weighted by Gasteiger charge is 2.18. The number of aryl methyl sites for hydroxylation is 2. The van der Waals surface area contributed by atoms with Gasteiger partial charge in [0.2, 0.25) is 0 Å². The predicted octanol–water partition coefficient (Wildman–Crippen LogP) is 4.18. The van der Waals surface area contributed by atoms with E-state index in [1.807, 2.05) is 57.2 Å². The van der Waals surface area contributed by atoms with Crippen LogP contribution < -0.4 is 5.32 Å². The number of fused-ring (bicyclic) bond motifs is 1. The maximum atomic E-state index is 12.6. The van der Waals surface area contributed by atoms with Crippen LogP contribution in [-0.4, -0.2) is 35.8 Å². The summed E-state index contributed by atoms with van der Waals surface area (Å²) in [6.45, 7) is 7.03. The van der Waals surface area contributed by atoms with E-state index >= 15 is 0 Å². The number of carbonyl (C=O) groups excluding carboxylic acids is 1. The number of hydrogen-bond donors (Lipinski definition) is 1. The van der Waals surface area contributed by atoms with Crippen LogP contribution in [0.25, 0.3) is 11.0 Å². The molecule has 0 saturated carbocycles. The molecule has 0 atom stereocenters. The minimum atomic E-state index is -0.528. The van der Waals surface area contributed by atoms with Gasteiger partial charge in [-0.05, 0) is 56.2 Å². The van der Waals surface area contributed by atoms with Gasteiger partial charge in [-0.3, -0.25) is 0 Å². The third kappa shape index (κ3) is 4.80. The summed E-state index contributed by atoms with van der Waals surface area (Å²) in [6.07, 6.45) is 0. The summed E-state index contributed by atoms with van der Waals surface area (Å²) < 4.78 is 10.5. The van der Waals surface area contributed by atoms with E-state index in [4.69, 9.17) is 9.47 Å².